The molecule has 138 valence electrons. The van der Waals surface area contributed by atoms with Crippen LogP contribution in [0.4, 0.5) is 0 Å². The molecule has 0 fully saturated rings. The highest BCUT2D eigenvalue weighted by molar-refractivity contribution is 5.91. The minimum absolute atomic E-state index is 0.0150. The van der Waals surface area contributed by atoms with Crippen LogP contribution < -0.4 is 0 Å². The van der Waals surface area contributed by atoms with Gasteiger partial charge in [0, 0.05) is 29.1 Å². The van der Waals surface area contributed by atoms with E-state index in [4.69, 9.17) is 4.74 Å². The lowest BCUT2D eigenvalue weighted by Gasteiger charge is -2.32. The molecule has 6 heteroatoms. The van der Waals surface area contributed by atoms with Gasteiger partial charge in [-0.3, -0.25) is 14.9 Å². The Kier molecular flexibility index (Phi) is 4.18. The summed E-state index contributed by atoms with van der Waals surface area (Å²) in [5, 5.41) is 13.2. The van der Waals surface area contributed by atoms with Gasteiger partial charge >= 0.3 is 5.97 Å². The van der Waals surface area contributed by atoms with Crippen LogP contribution in [0.5, 0.6) is 0 Å². The Bertz CT molecular complexity index is 1030. The number of carbonyl (C=O) groups is 1. The van der Waals surface area contributed by atoms with Gasteiger partial charge in [-0.05, 0) is 22.8 Å². The number of benzene rings is 2. The fraction of sp³-hybridized carbons (Fsp3) is 0.286. The Balaban J connectivity index is 2.02. The normalized spacial score (nSPS) is 21.2. The van der Waals surface area contributed by atoms with Crippen LogP contribution in [0, 0.1) is 10.1 Å². The van der Waals surface area contributed by atoms with Crippen molar-refractivity contribution >= 4 is 16.9 Å². The summed E-state index contributed by atoms with van der Waals surface area (Å²) in [5.74, 6) is -1.40. The first-order valence-corrected chi connectivity index (χ1v) is 8.86. The van der Waals surface area contributed by atoms with Crippen LogP contribution in [0.1, 0.15) is 34.9 Å². The maximum Gasteiger partial charge on any atom is 0.306 e. The van der Waals surface area contributed by atoms with Gasteiger partial charge in [0.05, 0.1) is 25.4 Å². The van der Waals surface area contributed by atoms with Crippen molar-refractivity contribution in [1.82, 2.24) is 4.57 Å². The minimum Gasteiger partial charge on any atom is -0.469 e. The Labute approximate surface area is 156 Å². The van der Waals surface area contributed by atoms with E-state index in [0.717, 1.165) is 27.6 Å². The number of carbonyl (C=O) groups excluding carboxylic acids is 1. The van der Waals surface area contributed by atoms with Crippen molar-refractivity contribution < 1.29 is 14.5 Å². The number of hydrogen-bond donors (Lipinski definition) is 0. The molecule has 1 heterocycles. The third kappa shape index (κ3) is 2.68. The lowest BCUT2D eigenvalue weighted by molar-refractivity contribution is -0.529. The van der Waals surface area contributed by atoms with Crippen molar-refractivity contribution in [2.75, 3.05) is 7.11 Å². The number of esters is 1. The first-order valence-electron chi connectivity index (χ1n) is 8.86. The second-order valence-corrected chi connectivity index (χ2v) is 6.99. The monoisotopic (exact) mass is 364 g/mol. The molecule has 0 amide bonds. The molecule has 1 aliphatic rings. The highest BCUT2D eigenvalue weighted by Gasteiger charge is 2.48. The highest BCUT2D eigenvalue weighted by Crippen LogP contribution is 2.48. The van der Waals surface area contributed by atoms with Crippen LogP contribution >= 0.6 is 0 Å². The van der Waals surface area contributed by atoms with Crippen molar-refractivity contribution in [2.24, 2.45) is 7.05 Å². The van der Waals surface area contributed by atoms with Gasteiger partial charge < -0.3 is 9.30 Å². The van der Waals surface area contributed by atoms with E-state index in [1.807, 2.05) is 66.3 Å². The van der Waals surface area contributed by atoms with Crippen LogP contribution in [0.3, 0.4) is 0 Å². The predicted molar refractivity (Wildman–Crippen MR) is 101 cm³/mol. The van der Waals surface area contributed by atoms with Gasteiger partial charge in [0.15, 0.2) is 0 Å². The smallest absolute Gasteiger partial charge is 0.306 e. The zero-order valence-electron chi connectivity index (χ0n) is 15.2. The van der Waals surface area contributed by atoms with Gasteiger partial charge in [0.2, 0.25) is 6.04 Å². The van der Waals surface area contributed by atoms with Crippen molar-refractivity contribution in [1.29, 1.82) is 0 Å². The summed E-state index contributed by atoms with van der Waals surface area (Å²) in [7, 11) is 3.26. The average Bonchev–Trinajstić information content (AvgIpc) is 3.01. The Morgan fingerprint density at radius 3 is 2.56 bits per heavy atom. The summed E-state index contributed by atoms with van der Waals surface area (Å²) in [6.45, 7) is 0. The van der Waals surface area contributed by atoms with Crippen LogP contribution in [-0.2, 0) is 16.6 Å². The minimum atomic E-state index is -0.938. The Hall–Kier alpha value is -3.15. The van der Waals surface area contributed by atoms with E-state index in [9.17, 15) is 14.9 Å². The molecule has 3 aromatic rings. The number of hydrogen-bond acceptors (Lipinski definition) is 4. The van der Waals surface area contributed by atoms with Crippen molar-refractivity contribution in [3.8, 4) is 0 Å². The predicted octanol–water partition coefficient (Wildman–Crippen LogP) is 3.62. The summed E-state index contributed by atoms with van der Waals surface area (Å²) in [6.07, 6.45) is 1.97. The van der Waals surface area contributed by atoms with Gasteiger partial charge in [-0.25, -0.2) is 0 Å². The number of rotatable bonds is 4. The number of aryl methyl sites for hydroxylation is 1. The van der Waals surface area contributed by atoms with Crippen molar-refractivity contribution in [2.45, 2.75) is 24.3 Å². The highest BCUT2D eigenvalue weighted by atomic mass is 16.6. The second kappa shape index (κ2) is 6.54. The van der Waals surface area contributed by atoms with Crippen LogP contribution in [0.15, 0.2) is 54.7 Å². The molecule has 6 nitrogen and oxygen atoms in total. The summed E-state index contributed by atoms with van der Waals surface area (Å²) < 4.78 is 6.85. The van der Waals surface area contributed by atoms with E-state index in [2.05, 4.69) is 0 Å². The number of ether oxygens (including phenoxy) is 1. The lowest BCUT2D eigenvalue weighted by atomic mass is 9.70. The molecule has 3 atom stereocenters. The van der Waals surface area contributed by atoms with Crippen LogP contribution in [0.2, 0.25) is 0 Å². The van der Waals surface area contributed by atoms with Gasteiger partial charge in [-0.2, -0.15) is 0 Å². The van der Waals surface area contributed by atoms with E-state index >= 15 is 0 Å². The molecule has 2 aromatic carbocycles. The third-order valence-electron chi connectivity index (χ3n) is 5.58. The quantitative estimate of drug-likeness (QED) is 0.403. The number of methoxy groups -OCH3 is 1. The maximum absolute atomic E-state index is 12.2. The van der Waals surface area contributed by atoms with Crippen molar-refractivity contribution in [3.05, 3.63) is 81.5 Å². The van der Waals surface area contributed by atoms with Gasteiger partial charge in [0.25, 0.3) is 0 Å². The molecule has 1 aromatic heterocycles. The number of aromatic nitrogens is 1. The van der Waals surface area contributed by atoms with E-state index in [1.54, 1.807) is 0 Å². The number of nitrogens with zero attached hydrogens (tertiary/aromatic N) is 2. The molecule has 0 radical (unpaired) electrons. The SMILES string of the molecule is COC(=O)C[C@@H]1c2cccc3c2c(cn3C)[C@H](c2ccccc2)[C@H]1[N+](=O)[O-]. The largest absolute Gasteiger partial charge is 0.469 e. The fourth-order valence-corrected chi connectivity index (χ4v) is 4.45. The lowest BCUT2D eigenvalue weighted by Crippen LogP contribution is -2.38. The summed E-state index contributed by atoms with van der Waals surface area (Å²) in [6, 6.07) is 14.4. The second-order valence-electron chi connectivity index (χ2n) is 6.99. The molecule has 27 heavy (non-hydrogen) atoms. The van der Waals surface area contributed by atoms with Crippen molar-refractivity contribution in [3.63, 3.8) is 0 Å². The summed E-state index contributed by atoms with van der Waals surface area (Å²) in [4.78, 5) is 24.0. The zero-order chi connectivity index (χ0) is 19.1. The fourth-order valence-electron chi connectivity index (χ4n) is 4.45. The molecular weight excluding hydrogens is 344 g/mol. The van der Waals surface area contributed by atoms with E-state index in [-0.39, 0.29) is 11.3 Å². The van der Waals surface area contributed by atoms with Crippen LogP contribution in [-0.4, -0.2) is 28.6 Å². The van der Waals surface area contributed by atoms with Gasteiger partial charge in [0.1, 0.15) is 0 Å². The molecular formula is C21H20N2O4. The molecule has 0 saturated carbocycles. The van der Waals surface area contributed by atoms with E-state index in [1.165, 1.54) is 7.11 Å². The standard InChI is InChI=1S/C21H20N2O4/c1-22-12-16-19(13-7-4-3-5-8-13)21(23(25)26)15(11-18(24)27-2)14-9-6-10-17(22)20(14)16/h3-10,12,15,19,21H,11H2,1-2H3/t15-,19+,21+/m1/s1. The summed E-state index contributed by atoms with van der Waals surface area (Å²) in [5.41, 5.74) is 3.69. The Morgan fingerprint density at radius 2 is 1.89 bits per heavy atom. The molecule has 0 aliphatic heterocycles. The topological polar surface area (TPSA) is 74.4 Å². The van der Waals surface area contributed by atoms with E-state index in [0.29, 0.717) is 0 Å². The number of nitro groups is 1. The molecule has 4 rings (SSSR count). The molecule has 0 N–H and O–H groups in total. The molecule has 0 unspecified atom stereocenters. The first-order chi connectivity index (χ1) is 13.0. The molecule has 0 saturated heterocycles. The van der Waals surface area contributed by atoms with Gasteiger partial charge in [-0.1, -0.05) is 42.5 Å². The van der Waals surface area contributed by atoms with E-state index < -0.39 is 23.8 Å². The maximum atomic E-state index is 12.2. The first kappa shape index (κ1) is 17.3. The van der Waals surface area contributed by atoms with Gasteiger partial charge in [-0.15, -0.1) is 0 Å². The molecule has 0 bridgehead atoms. The molecule has 0 spiro atoms. The zero-order valence-corrected chi connectivity index (χ0v) is 15.2. The molecule has 1 aliphatic carbocycles. The Morgan fingerprint density at radius 1 is 1.15 bits per heavy atom. The summed E-state index contributed by atoms with van der Waals surface area (Å²) >= 11 is 0. The average molecular weight is 364 g/mol. The van der Waals surface area contributed by atoms with Crippen LogP contribution in [0.25, 0.3) is 10.9 Å². The third-order valence-corrected chi connectivity index (χ3v) is 5.58.